The van der Waals surface area contributed by atoms with Gasteiger partial charge in [-0.1, -0.05) is 55.5 Å². The van der Waals surface area contributed by atoms with Crippen molar-refractivity contribution in [3.8, 4) is 35.2 Å². The molecule has 0 aromatic heterocycles. The molecule has 2 nitrogen and oxygen atoms in total. The fourth-order valence-corrected chi connectivity index (χ4v) is 1.89. The van der Waals surface area contributed by atoms with Crippen molar-refractivity contribution in [2.45, 2.75) is 12.8 Å². The summed E-state index contributed by atoms with van der Waals surface area (Å²) in [4.78, 5) is 0. The van der Waals surface area contributed by atoms with Gasteiger partial charge < -0.3 is 9.47 Å². The van der Waals surface area contributed by atoms with E-state index in [1.54, 1.807) is 14.2 Å². The Labute approximate surface area is 137 Å². The Morgan fingerprint density at radius 2 is 1.25 bits per heavy atom. The molecule has 1 rings (SSSR count). The summed E-state index contributed by atoms with van der Waals surface area (Å²) in [6.07, 6.45) is 1.59. The predicted molar refractivity (Wildman–Crippen MR) is 90.1 cm³/mol. The van der Waals surface area contributed by atoms with E-state index < -0.39 is 0 Å². The van der Waals surface area contributed by atoms with Crippen LogP contribution in [-0.2, 0) is 0 Å². The molecular weight excluding hydrogens is 384 g/mol. The summed E-state index contributed by atoms with van der Waals surface area (Å²) in [5.41, 5.74) is 1.73. The first-order chi connectivity index (χ1) is 9.76. The van der Waals surface area contributed by atoms with Crippen LogP contribution in [0.5, 0.6) is 11.5 Å². The zero-order valence-corrected chi connectivity index (χ0v) is 14.7. The summed E-state index contributed by atoms with van der Waals surface area (Å²) in [7, 11) is 3.23. The summed E-state index contributed by atoms with van der Waals surface area (Å²) >= 11 is 6.73. The molecule has 0 unspecified atom stereocenters. The monoisotopic (exact) mass is 398 g/mol. The van der Waals surface area contributed by atoms with Crippen LogP contribution in [-0.4, -0.2) is 24.9 Å². The molecule has 0 radical (unpaired) electrons. The lowest BCUT2D eigenvalue weighted by Gasteiger charge is -2.09. The maximum atomic E-state index is 5.31. The van der Waals surface area contributed by atoms with Gasteiger partial charge in [-0.25, -0.2) is 0 Å². The minimum absolute atomic E-state index is 0.668. The summed E-state index contributed by atoms with van der Waals surface area (Å²) < 4.78 is 10.6. The van der Waals surface area contributed by atoms with Gasteiger partial charge in [-0.2, -0.15) is 0 Å². The topological polar surface area (TPSA) is 18.5 Å². The number of rotatable bonds is 4. The van der Waals surface area contributed by atoms with E-state index >= 15 is 0 Å². The highest BCUT2D eigenvalue weighted by Crippen LogP contribution is 2.30. The molecule has 0 heterocycles. The van der Waals surface area contributed by atoms with E-state index in [1.165, 1.54) is 0 Å². The van der Waals surface area contributed by atoms with Gasteiger partial charge in [0.1, 0.15) is 0 Å². The first-order valence-corrected chi connectivity index (χ1v) is 8.36. The van der Waals surface area contributed by atoms with Gasteiger partial charge in [0.15, 0.2) is 11.5 Å². The molecule has 0 aliphatic rings. The molecule has 1 aromatic rings. The molecule has 0 aliphatic heterocycles. The second-order valence-corrected chi connectivity index (χ2v) is 5.32. The highest BCUT2D eigenvalue weighted by molar-refractivity contribution is 9.09. The third kappa shape index (κ3) is 5.12. The molecule has 0 spiro atoms. The van der Waals surface area contributed by atoms with Gasteiger partial charge >= 0.3 is 0 Å². The molecule has 0 fully saturated rings. The van der Waals surface area contributed by atoms with Crippen LogP contribution in [0.15, 0.2) is 12.1 Å². The predicted octanol–water partition coefficient (Wildman–Crippen LogP) is 3.98. The average Bonchev–Trinajstić information content (AvgIpc) is 2.48. The van der Waals surface area contributed by atoms with Crippen LogP contribution in [0, 0.1) is 23.7 Å². The zero-order chi connectivity index (χ0) is 14.8. The van der Waals surface area contributed by atoms with Crippen molar-refractivity contribution in [2.75, 3.05) is 24.9 Å². The third-order valence-electron chi connectivity index (χ3n) is 2.41. The van der Waals surface area contributed by atoms with Crippen molar-refractivity contribution in [2.24, 2.45) is 0 Å². The van der Waals surface area contributed by atoms with Crippen LogP contribution in [0.4, 0.5) is 0 Å². The van der Waals surface area contributed by atoms with Gasteiger partial charge in [-0.15, -0.1) is 0 Å². The van der Waals surface area contributed by atoms with E-state index in [2.05, 4.69) is 55.5 Å². The molecule has 20 heavy (non-hydrogen) atoms. The molecule has 0 saturated heterocycles. The highest BCUT2D eigenvalue weighted by atomic mass is 79.9. The molecule has 0 amide bonds. The Hall–Kier alpha value is -1.10. The molecule has 0 saturated carbocycles. The minimum Gasteiger partial charge on any atom is -0.493 e. The van der Waals surface area contributed by atoms with Crippen LogP contribution in [0.1, 0.15) is 24.0 Å². The first kappa shape index (κ1) is 17.0. The Balaban J connectivity index is 3.23. The van der Waals surface area contributed by atoms with E-state index in [1.807, 2.05) is 12.1 Å². The van der Waals surface area contributed by atoms with Gasteiger partial charge in [0.05, 0.1) is 14.2 Å². The second-order valence-electron chi connectivity index (χ2n) is 3.73. The largest absolute Gasteiger partial charge is 0.493 e. The standard InChI is InChI=1S/C16H16Br2O2/c1-19-15-11-13(7-3-5-9-17)14(8-4-6-10-18)12-16(15)20-2/h11-12H,5-6,9-10H2,1-2H3. The molecule has 0 atom stereocenters. The van der Waals surface area contributed by atoms with Crippen molar-refractivity contribution in [1.82, 2.24) is 0 Å². The SMILES string of the molecule is COc1cc(C#CCCBr)c(C#CCCBr)cc1OC. The average molecular weight is 400 g/mol. The van der Waals surface area contributed by atoms with E-state index in [0.29, 0.717) is 11.5 Å². The maximum Gasteiger partial charge on any atom is 0.162 e. The van der Waals surface area contributed by atoms with Gasteiger partial charge in [0.25, 0.3) is 0 Å². The lowest BCUT2D eigenvalue weighted by atomic mass is 10.1. The number of hydrogen-bond donors (Lipinski definition) is 0. The molecule has 4 heteroatoms. The molecule has 0 aliphatic carbocycles. The number of methoxy groups -OCH3 is 2. The summed E-state index contributed by atoms with van der Waals surface area (Å²) in [5, 5.41) is 1.72. The normalized spacial score (nSPS) is 9.00. The fourth-order valence-electron chi connectivity index (χ4n) is 1.50. The quantitative estimate of drug-likeness (QED) is 0.563. The van der Waals surface area contributed by atoms with E-state index in [9.17, 15) is 0 Å². The van der Waals surface area contributed by atoms with Crippen molar-refractivity contribution < 1.29 is 9.47 Å². The summed E-state index contributed by atoms with van der Waals surface area (Å²) in [6, 6.07) is 3.75. The summed E-state index contributed by atoms with van der Waals surface area (Å²) in [6.45, 7) is 0. The number of halogens is 2. The smallest absolute Gasteiger partial charge is 0.162 e. The molecule has 1 aromatic carbocycles. The minimum atomic E-state index is 0.668. The fraction of sp³-hybridized carbons (Fsp3) is 0.375. The van der Waals surface area contributed by atoms with Crippen molar-refractivity contribution in [1.29, 1.82) is 0 Å². The lowest BCUT2D eigenvalue weighted by molar-refractivity contribution is 0.355. The van der Waals surface area contributed by atoms with Crippen LogP contribution in [0.2, 0.25) is 0 Å². The van der Waals surface area contributed by atoms with Crippen molar-refractivity contribution in [3.63, 3.8) is 0 Å². The third-order valence-corrected chi connectivity index (χ3v) is 3.20. The van der Waals surface area contributed by atoms with Crippen LogP contribution < -0.4 is 9.47 Å². The Kier molecular flexibility index (Phi) is 8.26. The zero-order valence-electron chi connectivity index (χ0n) is 11.6. The summed E-state index contributed by atoms with van der Waals surface area (Å²) in [5.74, 6) is 13.8. The van der Waals surface area contributed by atoms with E-state index in [-0.39, 0.29) is 0 Å². The van der Waals surface area contributed by atoms with Crippen LogP contribution >= 0.6 is 31.9 Å². The Morgan fingerprint density at radius 1 is 0.850 bits per heavy atom. The number of hydrogen-bond acceptors (Lipinski definition) is 2. The second kappa shape index (κ2) is 9.75. The Morgan fingerprint density at radius 3 is 1.55 bits per heavy atom. The first-order valence-electron chi connectivity index (χ1n) is 6.12. The number of benzene rings is 1. The van der Waals surface area contributed by atoms with Crippen molar-refractivity contribution >= 4 is 31.9 Å². The van der Waals surface area contributed by atoms with Crippen molar-refractivity contribution in [3.05, 3.63) is 23.3 Å². The van der Waals surface area contributed by atoms with Gasteiger partial charge in [0, 0.05) is 46.8 Å². The number of alkyl halides is 2. The van der Waals surface area contributed by atoms with Gasteiger partial charge in [-0.3, -0.25) is 0 Å². The van der Waals surface area contributed by atoms with Crippen LogP contribution in [0.3, 0.4) is 0 Å². The molecule has 106 valence electrons. The van der Waals surface area contributed by atoms with Crippen LogP contribution in [0.25, 0.3) is 0 Å². The highest BCUT2D eigenvalue weighted by Gasteiger charge is 2.08. The van der Waals surface area contributed by atoms with E-state index in [4.69, 9.17) is 9.47 Å². The van der Waals surface area contributed by atoms with Gasteiger partial charge in [0.2, 0.25) is 0 Å². The maximum absolute atomic E-state index is 5.31. The molecule has 0 bridgehead atoms. The van der Waals surface area contributed by atoms with E-state index in [0.717, 1.165) is 34.6 Å². The Bertz CT molecular complexity index is 509. The van der Waals surface area contributed by atoms with Gasteiger partial charge in [-0.05, 0) is 0 Å². The molecular formula is C16H16Br2O2. The lowest BCUT2D eigenvalue weighted by Crippen LogP contribution is -1.94. The number of ether oxygens (including phenoxy) is 2. The molecule has 0 N–H and O–H groups in total.